The van der Waals surface area contributed by atoms with Crippen molar-refractivity contribution < 1.29 is 4.79 Å². The molecule has 1 saturated heterocycles. The lowest BCUT2D eigenvalue weighted by molar-refractivity contribution is -0.118. The molecular weight excluding hydrogens is 549 g/mol. The molecule has 2 N–H and O–H groups in total. The first kappa shape index (κ1) is 27.2. The average molecular weight is 579 g/mol. The third kappa shape index (κ3) is 5.26. The van der Waals surface area contributed by atoms with Crippen LogP contribution in [0.4, 0.5) is 11.4 Å². The second kappa shape index (κ2) is 11.0. The molecule has 2 aromatic carbocycles. The van der Waals surface area contributed by atoms with Crippen LogP contribution in [0.3, 0.4) is 0 Å². The van der Waals surface area contributed by atoms with Gasteiger partial charge < -0.3 is 20.1 Å². The molecule has 1 amide bonds. The summed E-state index contributed by atoms with van der Waals surface area (Å²) in [7, 11) is 0. The summed E-state index contributed by atoms with van der Waals surface area (Å²) >= 11 is 18.9. The van der Waals surface area contributed by atoms with Crippen LogP contribution in [-0.4, -0.2) is 20.6 Å². The van der Waals surface area contributed by atoms with Gasteiger partial charge in [0.25, 0.3) is 0 Å². The number of anilines is 2. The van der Waals surface area contributed by atoms with Crippen LogP contribution in [0.25, 0.3) is 5.69 Å². The molecule has 0 saturated carbocycles. The molecule has 0 radical (unpaired) electrons. The number of halogens is 2. The minimum absolute atomic E-state index is 0.0930. The molecule has 200 valence electrons. The molecule has 0 aliphatic carbocycles. The molecule has 2 aromatic heterocycles. The molecule has 1 fully saturated rings. The maximum atomic E-state index is 12.3. The second-order valence-corrected chi connectivity index (χ2v) is 11.2. The van der Waals surface area contributed by atoms with Crippen LogP contribution in [0, 0.1) is 19.8 Å². The number of hydrogen-bond donors (Lipinski definition) is 2. The van der Waals surface area contributed by atoms with Gasteiger partial charge in [0.05, 0.1) is 28.5 Å². The van der Waals surface area contributed by atoms with E-state index >= 15 is 0 Å². The van der Waals surface area contributed by atoms with Gasteiger partial charge >= 0.3 is 0 Å². The van der Waals surface area contributed by atoms with Crippen LogP contribution in [-0.2, 0) is 4.79 Å². The molecular formula is C30H29Cl2N5OS. The van der Waals surface area contributed by atoms with Crippen molar-refractivity contribution in [3.05, 3.63) is 106 Å². The Balaban J connectivity index is 1.62. The fourth-order valence-electron chi connectivity index (χ4n) is 5.08. The van der Waals surface area contributed by atoms with E-state index in [0.29, 0.717) is 20.8 Å². The summed E-state index contributed by atoms with van der Waals surface area (Å²) < 4.78 is 2.20. The topological polar surface area (TPSA) is 62.2 Å². The minimum Gasteiger partial charge on any atom is -0.351 e. The Hall–Kier alpha value is -3.39. The largest absolute Gasteiger partial charge is 0.351 e. The Morgan fingerprint density at radius 2 is 1.82 bits per heavy atom. The standard InChI is InChI=1S/C30H29Cl2N5OS/c1-17(2)29(38)34-25-12-11-22(16-24(25)32)37-28(27(35-30(37)39)26-10-5-6-13-33-26)23-14-18(3)36(19(23)4)21-9-7-8-20(31)15-21/h5-17,27-28H,1-4H3,(H,34,38)(H,35,39). The minimum atomic E-state index is -0.210. The van der Waals surface area contributed by atoms with Crippen molar-refractivity contribution in [2.75, 3.05) is 10.2 Å². The highest BCUT2D eigenvalue weighted by molar-refractivity contribution is 7.80. The van der Waals surface area contributed by atoms with Crippen LogP contribution >= 0.6 is 35.4 Å². The van der Waals surface area contributed by atoms with E-state index in [0.717, 1.165) is 34.0 Å². The molecule has 0 spiro atoms. The number of rotatable bonds is 6. The van der Waals surface area contributed by atoms with Crippen molar-refractivity contribution >= 4 is 57.8 Å². The fourth-order valence-corrected chi connectivity index (χ4v) is 5.83. The number of nitrogens with zero attached hydrogens (tertiary/aromatic N) is 3. The quantitative estimate of drug-likeness (QED) is 0.231. The summed E-state index contributed by atoms with van der Waals surface area (Å²) in [6, 6.07) is 21.1. The number of nitrogens with one attached hydrogen (secondary N) is 2. The van der Waals surface area contributed by atoms with E-state index in [1.165, 1.54) is 0 Å². The zero-order chi connectivity index (χ0) is 27.8. The van der Waals surface area contributed by atoms with Gasteiger partial charge in [0, 0.05) is 39.9 Å². The van der Waals surface area contributed by atoms with Crippen LogP contribution < -0.4 is 15.5 Å². The smallest absolute Gasteiger partial charge is 0.226 e. The van der Waals surface area contributed by atoms with E-state index in [-0.39, 0.29) is 23.9 Å². The van der Waals surface area contributed by atoms with Crippen LogP contribution in [0.15, 0.2) is 72.9 Å². The molecule has 5 rings (SSSR count). The Bertz CT molecular complexity index is 1550. The summed E-state index contributed by atoms with van der Waals surface area (Å²) in [6.07, 6.45) is 1.79. The number of aromatic nitrogens is 2. The van der Waals surface area contributed by atoms with Gasteiger partial charge in [-0.2, -0.15) is 0 Å². The predicted molar refractivity (Wildman–Crippen MR) is 163 cm³/mol. The predicted octanol–water partition coefficient (Wildman–Crippen LogP) is 7.57. The Labute approximate surface area is 244 Å². The molecule has 6 nitrogen and oxygen atoms in total. The van der Waals surface area contributed by atoms with Crippen molar-refractivity contribution in [3.8, 4) is 5.69 Å². The maximum absolute atomic E-state index is 12.3. The van der Waals surface area contributed by atoms with E-state index in [9.17, 15) is 4.79 Å². The summed E-state index contributed by atoms with van der Waals surface area (Å²) in [5, 5.41) is 8.09. The van der Waals surface area contributed by atoms with E-state index in [1.807, 2.05) is 74.5 Å². The molecule has 1 aliphatic rings. The van der Waals surface area contributed by atoms with Gasteiger partial charge in [-0.1, -0.05) is 49.2 Å². The zero-order valence-electron chi connectivity index (χ0n) is 22.1. The van der Waals surface area contributed by atoms with Crippen molar-refractivity contribution in [3.63, 3.8) is 0 Å². The normalized spacial score (nSPS) is 17.0. The number of benzene rings is 2. The lowest BCUT2D eigenvalue weighted by Gasteiger charge is -2.28. The molecule has 1 aliphatic heterocycles. The number of thiocarbonyl (C=S) groups is 1. The molecule has 2 atom stereocenters. The lowest BCUT2D eigenvalue weighted by atomic mass is 9.96. The van der Waals surface area contributed by atoms with Crippen molar-refractivity contribution in [2.24, 2.45) is 5.92 Å². The molecule has 3 heterocycles. The number of hydrogen-bond acceptors (Lipinski definition) is 3. The van der Waals surface area contributed by atoms with Gasteiger partial charge in [-0.15, -0.1) is 0 Å². The van der Waals surface area contributed by atoms with E-state index in [2.05, 4.69) is 45.0 Å². The fraction of sp³-hybridized carbons (Fsp3) is 0.233. The summed E-state index contributed by atoms with van der Waals surface area (Å²) in [5.74, 6) is -0.251. The SMILES string of the molecule is Cc1cc(C2C(c3ccccn3)NC(=S)N2c2ccc(NC(=O)C(C)C)c(Cl)c2)c(C)n1-c1cccc(Cl)c1. The Kier molecular flexibility index (Phi) is 7.67. The van der Waals surface area contributed by atoms with E-state index < -0.39 is 0 Å². The Morgan fingerprint density at radius 3 is 2.49 bits per heavy atom. The first-order chi connectivity index (χ1) is 18.7. The molecule has 39 heavy (non-hydrogen) atoms. The monoisotopic (exact) mass is 577 g/mol. The van der Waals surface area contributed by atoms with E-state index in [4.69, 9.17) is 35.4 Å². The second-order valence-electron chi connectivity index (χ2n) is 9.95. The van der Waals surface area contributed by atoms with Crippen LogP contribution in [0.2, 0.25) is 10.0 Å². The Morgan fingerprint density at radius 1 is 1.03 bits per heavy atom. The zero-order valence-corrected chi connectivity index (χ0v) is 24.4. The summed E-state index contributed by atoms with van der Waals surface area (Å²) in [5.41, 5.74) is 6.50. The third-order valence-electron chi connectivity index (χ3n) is 6.97. The third-order valence-corrected chi connectivity index (χ3v) is 7.83. The number of aryl methyl sites for hydroxylation is 1. The van der Waals surface area contributed by atoms with Crippen molar-refractivity contribution in [2.45, 2.75) is 39.8 Å². The average Bonchev–Trinajstić information content (AvgIpc) is 3.40. The van der Waals surface area contributed by atoms with Gasteiger partial charge in [0.15, 0.2) is 5.11 Å². The van der Waals surface area contributed by atoms with Crippen molar-refractivity contribution in [1.29, 1.82) is 0 Å². The first-order valence-corrected chi connectivity index (χ1v) is 13.9. The highest BCUT2D eigenvalue weighted by Crippen LogP contribution is 2.44. The highest BCUT2D eigenvalue weighted by Gasteiger charge is 2.42. The number of amides is 1. The summed E-state index contributed by atoms with van der Waals surface area (Å²) in [4.78, 5) is 19.0. The maximum Gasteiger partial charge on any atom is 0.226 e. The van der Waals surface area contributed by atoms with Crippen LogP contribution in [0.1, 0.15) is 48.6 Å². The first-order valence-electron chi connectivity index (χ1n) is 12.7. The molecule has 9 heteroatoms. The molecule has 2 unspecified atom stereocenters. The number of carbonyl (C=O) groups is 1. The van der Waals surface area contributed by atoms with Crippen LogP contribution in [0.5, 0.6) is 0 Å². The molecule has 0 bridgehead atoms. The van der Waals surface area contributed by atoms with E-state index in [1.54, 1.807) is 6.20 Å². The number of carbonyl (C=O) groups excluding carboxylic acids is 1. The number of pyridine rings is 1. The highest BCUT2D eigenvalue weighted by atomic mass is 35.5. The van der Waals surface area contributed by atoms with Crippen molar-refractivity contribution in [1.82, 2.24) is 14.9 Å². The van der Waals surface area contributed by atoms with Gasteiger partial charge in [0.1, 0.15) is 0 Å². The van der Waals surface area contributed by atoms with Gasteiger partial charge in [-0.3, -0.25) is 9.78 Å². The molecule has 4 aromatic rings. The lowest BCUT2D eigenvalue weighted by Crippen LogP contribution is -2.29. The van der Waals surface area contributed by atoms with Gasteiger partial charge in [-0.25, -0.2) is 0 Å². The van der Waals surface area contributed by atoms with Gasteiger partial charge in [0.2, 0.25) is 5.91 Å². The van der Waals surface area contributed by atoms with Gasteiger partial charge in [-0.05, 0) is 86.2 Å². The summed E-state index contributed by atoms with van der Waals surface area (Å²) in [6.45, 7) is 7.87.